The van der Waals surface area contributed by atoms with Crippen molar-refractivity contribution in [2.24, 2.45) is 0 Å². The predicted octanol–water partition coefficient (Wildman–Crippen LogP) is 2.77. The zero-order valence-corrected chi connectivity index (χ0v) is 16.2. The molecule has 0 saturated carbocycles. The molecule has 1 aromatic heterocycles. The average molecular weight is 362 g/mol. The monoisotopic (exact) mass is 361 g/mol. The smallest absolute Gasteiger partial charge is 0.322 e. The van der Waals surface area contributed by atoms with Crippen molar-refractivity contribution in [3.63, 3.8) is 0 Å². The number of likely N-dealkylation sites (N-methyl/N-ethyl adjacent to an activating group) is 2. The van der Waals surface area contributed by atoms with Gasteiger partial charge in [0.25, 0.3) is 0 Å². The van der Waals surface area contributed by atoms with Crippen LogP contribution in [0.4, 0.5) is 9.93 Å². The number of carbonyl (C=O) groups is 1. The molecule has 0 aliphatic carbocycles. The molecule has 0 fully saturated rings. The number of nitrogens with one attached hydrogen (secondary N) is 1. The number of nitrogens with zero attached hydrogens (tertiary/aromatic N) is 4. The summed E-state index contributed by atoms with van der Waals surface area (Å²) >= 11 is 1.49. The van der Waals surface area contributed by atoms with Crippen molar-refractivity contribution in [3.05, 3.63) is 36.5 Å². The van der Waals surface area contributed by atoms with Crippen LogP contribution in [-0.4, -0.2) is 80.1 Å². The molecular formula is C18H27N5OS. The van der Waals surface area contributed by atoms with E-state index in [1.54, 1.807) is 6.20 Å². The van der Waals surface area contributed by atoms with Crippen LogP contribution in [0, 0.1) is 0 Å². The number of carbonyl (C=O) groups excluding carboxylic acids is 1. The zero-order chi connectivity index (χ0) is 18.2. The minimum absolute atomic E-state index is 0.0994. The lowest BCUT2D eigenvalue weighted by atomic mass is 10.2. The molecule has 136 valence electrons. The Balaban J connectivity index is 2.00. The standard InChI is InChI=1S/C18H27N5OS/c1-21(2)10-12-23(13-11-22(3)4)18(24)20-17-19-14-16(25-17)15-8-6-5-7-9-15/h5-9,14H,10-13H2,1-4H3,(H,19,20,24). The molecule has 0 radical (unpaired) electrons. The Morgan fingerprint density at radius 2 is 1.60 bits per heavy atom. The van der Waals surface area contributed by atoms with Crippen molar-refractivity contribution in [2.75, 3.05) is 59.7 Å². The molecular weight excluding hydrogens is 334 g/mol. The van der Waals surface area contributed by atoms with E-state index in [1.807, 2.05) is 63.4 Å². The van der Waals surface area contributed by atoms with E-state index in [4.69, 9.17) is 0 Å². The van der Waals surface area contributed by atoms with Crippen molar-refractivity contribution >= 4 is 22.5 Å². The van der Waals surface area contributed by atoms with E-state index in [-0.39, 0.29) is 6.03 Å². The van der Waals surface area contributed by atoms with Crippen LogP contribution in [0.25, 0.3) is 10.4 Å². The van der Waals surface area contributed by atoms with E-state index >= 15 is 0 Å². The number of anilines is 1. The molecule has 6 nitrogen and oxygen atoms in total. The molecule has 2 amide bonds. The molecule has 0 aliphatic heterocycles. The van der Waals surface area contributed by atoms with Crippen LogP contribution in [0.5, 0.6) is 0 Å². The van der Waals surface area contributed by atoms with Gasteiger partial charge in [0.05, 0.1) is 4.88 Å². The van der Waals surface area contributed by atoms with E-state index in [9.17, 15) is 4.79 Å². The average Bonchev–Trinajstić information content (AvgIpc) is 3.03. The summed E-state index contributed by atoms with van der Waals surface area (Å²) in [5.41, 5.74) is 1.11. The third-order valence-corrected chi connectivity index (χ3v) is 4.66. The molecule has 1 aromatic carbocycles. The SMILES string of the molecule is CN(C)CCN(CCN(C)C)C(=O)Nc1ncc(-c2ccccc2)s1. The van der Waals surface area contributed by atoms with Crippen LogP contribution in [-0.2, 0) is 0 Å². The summed E-state index contributed by atoms with van der Waals surface area (Å²) in [4.78, 5) is 24.0. The maximum Gasteiger partial charge on any atom is 0.323 e. The summed E-state index contributed by atoms with van der Waals surface area (Å²) in [6, 6.07) is 9.96. The Hall–Kier alpha value is -1.96. The van der Waals surface area contributed by atoms with Gasteiger partial charge >= 0.3 is 6.03 Å². The number of rotatable bonds is 8. The first-order chi connectivity index (χ1) is 12.0. The second kappa shape index (κ2) is 9.50. The van der Waals surface area contributed by atoms with Gasteiger partial charge in [-0.2, -0.15) is 0 Å². The maximum absolute atomic E-state index is 12.6. The molecule has 0 aliphatic rings. The number of aromatic nitrogens is 1. The minimum Gasteiger partial charge on any atom is -0.322 e. The third kappa shape index (κ3) is 6.45. The molecule has 25 heavy (non-hydrogen) atoms. The highest BCUT2D eigenvalue weighted by atomic mass is 32.1. The van der Waals surface area contributed by atoms with Gasteiger partial charge in [0.1, 0.15) is 0 Å². The first kappa shape index (κ1) is 19.4. The summed E-state index contributed by atoms with van der Waals surface area (Å²) < 4.78 is 0. The lowest BCUT2D eigenvalue weighted by Gasteiger charge is -2.25. The van der Waals surface area contributed by atoms with Crippen LogP contribution in [0.15, 0.2) is 36.5 Å². The van der Waals surface area contributed by atoms with E-state index in [0.29, 0.717) is 18.2 Å². The number of urea groups is 1. The summed E-state index contributed by atoms with van der Waals surface area (Å²) in [5, 5.41) is 3.57. The number of amides is 2. The summed E-state index contributed by atoms with van der Waals surface area (Å²) in [6.45, 7) is 3.02. The van der Waals surface area contributed by atoms with Crippen LogP contribution in [0.1, 0.15) is 0 Å². The van der Waals surface area contributed by atoms with Crippen molar-refractivity contribution in [1.29, 1.82) is 0 Å². The molecule has 0 saturated heterocycles. The normalized spacial score (nSPS) is 11.1. The van der Waals surface area contributed by atoms with Crippen molar-refractivity contribution in [2.45, 2.75) is 0 Å². The van der Waals surface area contributed by atoms with Gasteiger partial charge < -0.3 is 14.7 Å². The van der Waals surface area contributed by atoms with Gasteiger partial charge in [0.2, 0.25) is 0 Å². The highest BCUT2D eigenvalue weighted by molar-refractivity contribution is 7.19. The summed E-state index contributed by atoms with van der Waals surface area (Å²) in [7, 11) is 8.04. The highest BCUT2D eigenvalue weighted by Crippen LogP contribution is 2.28. The first-order valence-corrected chi connectivity index (χ1v) is 9.14. The largest absolute Gasteiger partial charge is 0.323 e. The van der Waals surface area contributed by atoms with Crippen LogP contribution >= 0.6 is 11.3 Å². The van der Waals surface area contributed by atoms with Gasteiger partial charge in [-0.25, -0.2) is 9.78 Å². The number of benzene rings is 1. The van der Waals surface area contributed by atoms with Crippen LogP contribution in [0.2, 0.25) is 0 Å². The quantitative estimate of drug-likeness (QED) is 0.785. The third-order valence-electron chi connectivity index (χ3n) is 3.70. The topological polar surface area (TPSA) is 51.7 Å². The fraction of sp³-hybridized carbons (Fsp3) is 0.444. The molecule has 0 atom stereocenters. The molecule has 1 N–H and O–H groups in total. The molecule has 1 heterocycles. The second-order valence-corrected chi connectivity index (χ2v) is 7.45. The van der Waals surface area contributed by atoms with E-state index < -0.39 is 0 Å². The lowest BCUT2D eigenvalue weighted by molar-refractivity contribution is 0.198. The molecule has 2 aromatic rings. The van der Waals surface area contributed by atoms with E-state index in [1.165, 1.54) is 11.3 Å². The van der Waals surface area contributed by atoms with Crippen LogP contribution in [0.3, 0.4) is 0 Å². The summed E-state index contributed by atoms with van der Waals surface area (Å²) in [5.74, 6) is 0. The molecule has 0 spiro atoms. The Labute approximate surface area is 154 Å². The van der Waals surface area contributed by atoms with Crippen LogP contribution < -0.4 is 5.32 Å². The lowest BCUT2D eigenvalue weighted by Crippen LogP contribution is -2.42. The van der Waals surface area contributed by atoms with Gasteiger partial charge in [-0.05, 0) is 33.8 Å². The van der Waals surface area contributed by atoms with E-state index in [0.717, 1.165) is 23.5 Å². The summed E-state index contributed by atoms with van der Waals surface area (Å²) in [6.07, 6.45) is 1.81. The van der Waals surface area contributed by atoms with Gasteiger partial charge in [0, 0.05) is 32.4 Å². The first-order valence-electron chi connectivity index (χ1n) is 8.32. The molecule has 2 rings (SSSR count). The zero-order valence-electron chi connectivity index (χ0n) is 15.4. The van der Waals surface area contributed by atoms with Gasteiger partial charge in [0.15, 0.2) is 5.13 Å². The Morgan fingerprint density at radius 1 is 1.00 bits per heavy atom. The maximum atomic E-state index is 12.6. The fourth-order valence-corrected chi connectivity index (χ4v) is 3.01. The molecule has 0 bridgehead atoms. The Morgan fingerprint density at radius 3 is 2.16 bits per heavy atom. The van der Waals surface area contributed by atoms with Gasteiger partial charge in [-0.15, -0.1) is 0 Å². The number of hydrogen-bond acceptors (Lipinski definition) is 5. The molecule has 7 heteroatoms. The van der Waals surface area contributed by atoms with E-state index in [2.05, 4.69) is 20.1 Å². The van der Waals surface area contributed by atoms with Crippen molar-refractivity contribution < 1.29 is 4.79 Å². The van der Waals surface area contributed by atoms with Gasteiger partial charge in [-0.3, -0.25) is 5.32 Å². The van der Waals surface area contributed by atoms with Gasteiger partial charge in [-0.1, -0.05) is 41.7 Å². The fourth-order valence-electron chi connectivity index (χ4n) is 2.19. The number of hydrogen-bond donors (Lipinski definition) is 1. The molecule has 0 unspecified atom stereocenters. The highest BCUT2D eigenvalue weighted by Gasteiger charge is 2.16. The Bertz CT molecular complexity index is 644. The Kier molecular flexibility index (Phi) is 7.36. The minimum atomic E-state index is -0.0994. The van der Waals surface area contributed by atoms with Crippen molar-refractivity contribution in [1.82, 2.24) is 19.7 Å². The predicted molar refractivity (Wildman–Crippen MR) is 105 cm³/mol. The second-order valence-electron chi connectivity index (χ2n) is 6.42. The van der Waals surface area contributed by atoms with Crippen molar-refractivity contribution in [3.8, 4) is 10.4 Å². The number of thiazole rings is 1.